The third-order valence-electron chi connectivity index (χ3n) is 4.70. The molecule has 2 heteroatoms. The Kier molecular flexibility index (Phi) is 3.77. The van der Waals surface area contributed by atoms with Crippen LogP contribution in [-0.2, 0) is 4.74 Å². The first kappa shape index (κ1) is 13.6. The van der Waals surface area contributed by atoms with Crippen molar-refractivity contribution in [3.05, 3.63) is 48.0 Å². The second-order valence-corrected chi connectivity index (χ2v) is 5.95. The summed E-state index contributed by atoms with van der Waals surface area (Å²) in [6.07, 6.45) is 3.65. The van der Waals surface area contributed by atoms with Crippen LogP contribution >= 0.6 is 0 Å². The second kappa shape index (κ2) is 5.55. The number of hydrogen-bond acceptors (Lipinski definition) is 2. The van der Waals surface area contributed by atoms with Gasteiger partial charge < -0.3 is 10.1 Å². The van der Waals surface area contributed by atoms with Gasteiger partial charge in [0.1, 0.15) is 0 Å². The largest absolute Gasteiger partial charge is 0.377 e. The molecule has 1 saturated carbocycles. The number of nitrogens with one attached hydrogen (secondary N) is 1. The number of hydrogen-bond donors (Lipinski definition) is 1. The van der Waals surface area contributed by atoms with Gasteiger partial charge in [0.25, 0.3) is 0 Å². The molecule has 0 amide bonds. The second-order valence-electron chi connectivity index (χ2n) is 5.95. The molecule has 1 N–H and O–H groups in total. The van der Waals surface area contributed by atoms with Crippen LogP contribution in [0.4, 0.5) is 0 Å². The van der Waals surface area contributed by atoms with E-state index >= 15 is 0 Å². The van der Waals surface area contributed by atoms with Gasteiger partial charge in [-0.3, -0.25) is 0 Å². The monoisotopic (exact) mass is 269 g/mol. The predicted molar refractivity (Wildman–Crippen MR) is 84.0 cm³/mol. The summed E-state index contributed by atoms with van der Waals surface area (Å²) in [6, 6.07) is 15.6. The summed E-state index contributed by atoms with van der Waals surface area (Å²) in [5.41, 5.74) is 1.43. The first-order valence-electron chi connectivity index (χ1n) is 7.50. The van der Waals surface area contributed by atoms with Crippen LogP contribution in [0, 0.1) is 0 Å². The molecule has 3 rings (SSSR count). The maximum atomic E-state index is 5.67. The number of fused-ring (bicyclic) bond motifs is 1. The molecule has 2 aromatic carbocycles. The Morgan fingerprint density at radius 3 is 2.55 bits per heavy atom. The highest BCUT2D eigenvalue weighted by Crippen LogP contribution is 2.34. The fourth-order valence-corrected chi connectivity index (χ4v) is 2.96. The molecule has 0 aromatic heterocycles. The van der Waals surface area contributed by atoms with Gasteiger partial charge in [0, 0.05) is 19.7 Å². The minimum absolute atomic E-state index is 0.0884. The van der Waals surface area contributed by atoms with Crippen molar-refractivity contribution < 1.29 is 4.74 Å². The summed E-state index contributed by atoms with van der Waals surface area (Å²) in [6.45, 7) is 3.17. The van der Waals surface area contributed by atoms with Crippen molar-refractivity contribution in [2.24, 2.45) is 0 Å². The molecular formula is C18H23NO. The number of benzene rings is 2. The predicted octanol–water partition coefficient (Wildman–Crippen LogP) is 4.06. The Labute approximate surface area is 121 Å². The van der Waals surface area contributed by atoms with Crippen molar-refractivity contribution in [2.75, 3.05) is 13.7 Å². The molecule has 0 aliphatic heterocycles. The van der Waals surface area contributed by atoms with Gasteiger partial charge in [-0.15, -0.1) is 0 Å². The summed E-state index contributed by atoms with van der Waals surface area (Å²) >= 11 is 0. The molecule has 2 nitrogen and oxygen atoms in total. The molecule has 0 radical (unpaired) electrons. The lowest BCUT2D eigenvalue weighted by atomic mass is 9.80. The topological polar surface area (TPSA) is 21.3 Å². The normalized spacial score (nSPS) is 18.7. The van der Waals surface area contributed by atoms with Gasteiger partial charge in [-0.05, 0) is 48.6 Å². The van der Waals surface area contributed by atoms with E-state index in [1.165, 1.54) is 35.6 Å². The van der Waals surface area contributed by atoms with Crippen molar-refractivity contribution in [1.29, 1.82) is 0 Å². The summed E-state index contributed by atoms with van der Waals surface area (Å²) < 4.78 is 5.67. The fraction of sp³-hybridized carbons (Fsp3) is 0.444. The highest BCUT2D eigenvalue weighted by atomic mass is 16.5. The summed E-state index contributed by atoms with van der Waals surface area (Å²) in [4.78, 5) is 0. The SMILES string of the molecule is COC1(CNC(C)c2ccc3ccccc3c2)CCC1. The van der Waals surface area contributed by atoms with Crippen LogP contribution in [0.2, 0.25) is 0 Å². The van der Waals surface area contributed by atoms with Gasteiger partial charge in [-0.2, -0.15) is 0 Å². The van der Waals surface area contributed by atoms with Gasteiger partial charge in [0.05, 0.1) is 5.60 Å². The van der Waals surface area contributed by atoms with Gasteiger partial charge in [0.2, 0.25) is 0 Å². The van der Waals surface area contributed by atoms with E-state index in [2.05, 4.69) is 54.7 Å². The molecule has 1 aliphatic rings. The first-order valence-corrected chi connectivity index (χ1v) is 7.50. The number of rotatable bonds is 5. The molecule has 1 fully saturated rings. The quantitative estimate of drug-likeness (QED) is 0.884. The smallest absolute Gasteiger partial charge is 0.0802 e. The Morgan fingerprint density at radius 1 is 1.15 bits per heavy atom. The van der Waals surface area contributed by atoms with E-state index in [1.54, 1.807) is 0 Å². The van der Waals surface area contributed by atoms with E-state index in [1.807, 2.05) is 7.11 Å². The minimum atomic E-state index is 0.0884. The third-order valence-corrected chi connectivity index (χ3v) is 4.70. The number of methoxy groups -OCH3 is 1. The molecule has 1 aliphatic carbocycles. The van der Waals surface area contributed by atoms with Crippen molar-refractivity contribution in [2.45, 2.75) is 37.8 Å². The fourth-order valence-electron chi connectivity index (χ4n) is 2.96. The van der Waals surface area contributed by atoms with Crippen LogP contribution in [-0.4, -0.2) is 19.3 Å². The van der Waals surface area contributed by atoms with Crippen LogP contribution in [0.3, 0.4) is 0 Å². The zero-order valence-electron chi connectivity index (χ0n) is 12.4. The zero-order valence-corrected chi connectivity index (χ0v) is 12.4. The molecule has 1 atom stereocenters. The maximum Gasteiger partial charge on any atom is 0.0802 e. The average Bonchev–Trinajstić information content (AvgIpc) is 2.46. The first-order chi connectivity index (χ1) is 9.72. The highest BCUT2D eigenvalue weighted by molar-refractivity contribution is 5.83. The highest BCUT2D eigenvalue weighted by Gasteiger charge is 2.36. The molecule has 20 heavy (non-hydrogen) atoms. The Bertz CT molecular complexity index is 583. The third kappa shape index (κ3) is 2.58. The van der Waals surface area contributed by atoms with Crippen LogP contribution in [0.5, 0.6) is 0 Å². The molecule has 106 valence electrons. The van der Waals surface area contributed by atoms with Gasteiger partial charge in [-0.1, -0.05) is 36.4 Å². The van der Waals surface area contributed by atoms with Crippen LogP contribution in [0.15, 0.2) is 42.5 Å². The maximum absolute atomic E-state index is 5.67. The standard InChI is InChI=1S/C18H23NO/c1-14(19-13-18(20-2)10-5-11-18)16-9-8-15-6-3-4-7-17(15)12-16/h3-4,6-9,12,14,19H,5,10-11,13H2,1-2H3. The van der Waals surface area contributed by atoms with E-state index in [0.29, 0.717) is 6.04 Å². The zero-order chi connectivity index (χ0) is 14.0. The van der Waals surface area contributed by atoms with Gasteiger partial charge in [-0.25, -0.2) is 0 Å². The van der Waals surface area contributed by atoms with Crippen LogP contribution in [0.1, 0.15) is 37.8 Å². The van der Waals surface area contributed by atoms with E-state index in [9.17, 15) is 0 Å². The van der Waals surface area contributed by atoms with Gasteiger partial charge >= 0.3 is 0 Å². The Balaban J connectivity index is 1.70. The Morgan fingerprint density at radius 2 is 1.90 bits per heavy atom. The summed E-state index contributed by atoms with van der Waals surface area (Å²) in [7, 11) is 1.83. The van der Waals surface area contributed by atoms with E-state index in [4.69, 9.17) is 4.74 Å². The van der Waals surface area contributed by atoms with E-state index < -0.39 is 0 Å². The van der Waals surface area contributed by atoms with E-state index in [0.717, 1.165) is 6.54 Å². The molecule has 0 spiro atoms. The van der Waals surface area contributed by atoms with Crippen LogP contribution < -0.4 is 5.32 Å². The van der Waals surface area contributed by atoms with Crippen LogP contribution in [0.25, 0.3) is 10.8 Å². The van der Waals surface area contributed by atoms with Crippen molar-refractivity contribution in [1.82, 2.24) is 5.32 Å². The lowest BCUT2D eigenvalue weighted by Crippen LogP contribution is -2.48. The average molecular weight is 269 g/mol. The lowest BCUT2D eigenvalue weighted by molar-refractivity contribution is -0.0706. The minimum Gasteiger partial charge on any atom is -0.377 e. The lowest BCUT2D eigenvalue weighted by Gasteiger charge is -2.41. The van der Waals surface area contributed by atoms with Crippen molar-refractivity contribution in [3.63, 3.8) is 0 Å². The summed E-state index contributed by atoms with van der Waals surface area (Å²) in [5.74, 6) is 0. The molecule has 0 bridgehead atoms. The molecule has 0 saturated heterocycles. The van der Waals surface area contributed by atoms with E-state index in [-0.39, 0.29) is 5.60 Å². The number of ether oxygens (including phenoxy) is 1. The Hall–Kier alpha value is -1.38. The van der Waals surface area contributed by atoms with Gasteiger partial charge in [0.15, 0.2) is 0 Å². The van der Waals surface area contributed by atoms with Crippen molar-refractivity contribution in [3.8, 4) is 0 Å². The molecule has 0 heterocycles. The summed E-state index contributed by atoms with van der Waals surface area (Å²) in [5, 5.41) is 6.24. The molecule has 1 unspecified atom stereocenters. The molecular weight excluding hydrogens is 246 g/mol. The molecule has 2 aromatic rings. The van der Waals surface area contributed by atoms with Crippen molar-refractivity contribution >= 4 is 10.8 Å².